The Morgan fingerprint density at radius 3 is 2.00 bits per heavy atom. The van der Waals surface area contributed by atoms with Gasteiger partial charge >= 0.3 is 12.0 Å². The summed E-state index contributed by atoms with van der Waals surface area (Å²) in [5.74, 6) is -5.42. The van der Waals surface area contributed by atoms with Crippen molar-refractivity contribution in [3.8, 4) is 0 Å². The highest BCUT2D eigenvalue weighted by atomic mass is 19.3. The maximum Gasteiger partial charge on any atom is 0.381 e. The van der Waals surface area contributed by atoms with Crippen molar-refractivity contribution >= 4 is 5.97 Å². The third kappa shape index (κ3) is 7.55. The van der Waals surface area contributed by atoms with E-state index in [1.165, 1.54) is 6.92 Å². The normalized spacial score (nSPS) is 24.5. The number of carbonyl (C=O) groups excluding carboxylic acids is 1. The second-order valence-corrected chi connectivity index (χ2v) is 9.40. The molecule has 0 amide bonds. The number of hydrogen-bond donors (Lipinski definition) is 0. The van der Waals surface area contributed by atoms with Crippen LogP contribution in [0.25, 0.3) is 0 Å². The summed E-state index contributed by atoms with van der Waals surface area (Å²) < 4.78 is 54.6. The lowest BCUT2D eigenvalue weighted by molar-refractivity contribution is -0.517. The molecule has 0 bridgehead atoms. The van der Waals surface area contributed by atoms with Crippen molar-refractivity contribution in [2.45, 2.75) is 83.2 Å². The first kappa shape index (κ1) is 29.6. The van der Waals surface area contributed by atoms with Crippen LogP contribution in [-0.4, -0.2) is 53.9 Å². The fourth-order valence-corrected chi connectivity index (χ4v) is 4.70. The fourth-order valence-electron chi connectivity index (χ4n) is 4.70. The third-order valence-electron chi connectivity index (χ3n) is 6.72. The van der Waals surface area contributed by atoms with Crippen LogP contribution < -0.4 is 0 Å². The van der Waals surface area contributed by atoms with E-state index in [1.807, 2.05) is 62.4 Å². The molecular formula is C28H35F2NO7. The van der Waals surface area contributed by atoms with Crippen molar-refractivity contribution in [3.05, 3.63) is 81.9 Å². The molecule has 0 aromatic heterocycles. The van der Waals surface area contributed by atoms with Crippen LogP contribution in [0.1, 0.15) is 44.7 Å². The summed E-state index contributed by atoms with van der Waals surface area (Å²) in [6, 6.07) is 16.1. The zero-order chi connectivity index (χ0) is 27.7. The number of carbonyl (C=O) groups is 1. The second kappa shape index (κ2) is 13.7. The molecule has 1 aliphatic heterocycles. The number of nitrogens with zero attached hydrogens (tertiary/aromatic N) is 1. The molecule has 3 rings (SSSR count). The van der Waals surface area contributed by atoms with Gasteiger partial charge in [-0.05, 0) is 24.5 Å². The smallest absolute Gasteiger partial charge is 0.381 e. The van der Waals surface area contributed by atoms with Gasteiger partial charge in [-0.3, -0.25) is 10.1 Å². The number of esters is 1. The van der Waals surface area contributed by atoms with E-state index in [-0.39, 0.29) is 25.7 Å². The Bertz CT molecular complexity index is 1020. The van der Waals surface area contributed by atoms with Crippen LogP contribution in [0, 0.1) is 16.0 Å². The molecule has 0 radical (unpaired) electrons. The van der Waals surface area contributed by atoms with E-state index in [1.54, 1.807) is 12.1 Å². The summed E-state index contributed by atoms with van der Waals surface area (Å²) in [6.07, 6.45) is -5.53. The van der Waals surface area contributed by atoms with Crippen molar-refractivity contribution in [1.82, 2.24) is 0 Å². The Morgan fingerprint density at radius 2 is 1.53 bits per heavy atom. The van der Waals surface area contributed by atoms with Crippen LogP contribution in [-0.2, 0) is 37.0 Å². The van der Waals surface area contributed by atoms with Crippen molar-refractivity contribution in [1.29, 1.82) is 0 Å². The lowest BCUT2D eigenvalue weighted by atomic mass is 9.83. The monoisotopic (exact) mass is 535 g/mol. The molecule has 0 aliphatic carbocycles. The fraction of sp³-hybridized carbons (Fsp3) is 0.536. The molecule has 38 heavy (non-hydrogen) atoms. The first-order valence-electron chi connectivity index (χ1n) is 12.8. The number of nitro groups is 1. The largest absolute Gasteiger partial charge is 0.461 e. The number of alkyl halides is 2. The Morgan fingerprint density at radius 1 is 1.00 bits per heavy atom. The topological polar surface area (TPSA) is 97.1 Å². The quantitative estimate of drug-likeness (QED) is 0.197. The van der Waals surface area contributed by atoms with Crippen LogP contribution in [0.4, 0.5) is 8.78 Å². The molecule has 0 saturated carbocycles. The number of hydrogen-bond acceptors (Lipinski definition) is 7. The summed E-state index contributed by atoms with van der Waals surface area (Å²) in [5.41, 5.74) is 1.62. The number of rotatable bonds is 13. The molecule has 208 valence electrons. The van der Waals surface area contributed by atoms with Crippen LogP contribution in [0.5, 0.6) is 0 Å². The van der Waals surface area contributed by atoms with E-state index in [9.17, 15) is 14.9 Å². The molecule has 0 spiro atoms. The third-order valence-corrected chi connectivity index (χ3v) is 6.72. The van der Waals surface area contributed by atoms with Gasteiger partial charge in [-0.2, -0.15) is 0 Å². The molecule has 0 N–H and O–H groups in total. The average molecular weight is 536 g/mol. The number of ether oxygens (including phenoxy) is 4. The molecule has 8 nitrogen and oxygen atoms in total. The van der Waals surface area contributed by atoms with E-state index in [4.69, 9.17) is 14.2 Å². The van der Waals surface area contributed by atoms with Crippen LogP contribution in [0.2, 0.25) is 0 Å². The van der Waals surface area contributed by atoms with Gasteiger partial charge in [-0.15, -0.1) is 0 Å². The van der Waals surface area contributed by atoms with Gasteiger partial charge in [-0.25, -0.2) is 13.6 Å². The second-order valence-electron chi connectivity index (χ2n) is 9.40. The molecule has 2 aromatic carbocycles. The average Bonchev–Trinajstić information content (AvgIpc) is 2.91. The van der Waals surface area contributed by atoms with Crippen LogP contribution in [0.3, 0.4) is 0 Å². The van der Waals surface area contributed by atoms with Crippen LogP contribution >= 0.6 is 0 Å². The van der Waals surface area contributed by atoms with Gasteiger partial charge < -0.3 is 18.9 Å². The van der Waals surface area contributed by atoms with E-state index in [2.05, 4.69) is 4.74 Å². The van der Waals surface area contributed by atoms with E-state index < -0.39 is 53.7 Å². The molecule has 1 aliphatic rings. The summed E-state index contributed by atoms with van der Waals surface area (Å²) in [6.45, 7) is 5.13. The first-order valence-corrected chi connectivity index (χ1v) is 12.8. The highest BCUT2D eigenvalue weighted by molar-refractivity contribution is 5.74. The van der Waals surface area contributed by atoms with E-state index in [0.29, 0.717) is 6.42 Å². The standard InChI is InChI=1S/C28H35F2NO7/c1-4-23-19(3)24(36-17-20-12-8-6-9-13-20)25(37-18-21-14-10-7-11-15-21)26(38-23)28(29,30)16-22(31(33)34)27(32)35-5-2/h6-15,19,22-26H,4-5,16-18H2,1-3H3/t19-,22?,23+,24-,25+,26?/m0/s1. The van der Waals surface area contributed by atoms with Gasteiger partial charge in [0.2, 0.25) is 0 Å². The first-order chi connectivity index (χ1) is 18.2. The number of benzene rings is 2. The minimum Gasteiger partial charge on any atom is -0.461 e. The van der Waals surface area contributed by atoms with E-state index >= 15 is 8.78 Å². The van der Waals surface area contributed by atoms with Gasteiger partial charge in [0.25, 0.3) is 5.92 Å². The highest BCUT2D eigenvalue weighted by Gasteiger charge is 2.58. The highest BCUT2D eigenvalue weighted by Crippen LogP contribution is 2.41. The molecule has 1 fully saturated rings. The summed E-state index contributed by atoms with van der Waals surface area (Å²) in [7, 11) is 0. The molecule has 10 heteroatoms. The van der Waals surface area contributed by atoms with Crippen molar-refractivity contribution in [2.75, 3.05) is 6.61 Å². The lowest BCUT2D eigenvalue weighted by Gasteiger charge is -2.47. The van der Waals surface area contributed by atoms with Gasteiger partial charge in [0.1, 0.15) is 6.10 Å². The maximum absolute atomic E-state index is 15.9. The lowest BCUT2D eigenvalue weighted by Crippen LogP contribution is -2.62. The predicted octanol–water partition coefficient (Wildman–Crippen LogP) is 5.20. The van der Waals surface area contributed by atoms with E-state index in [0.717, 1.165) is 11.1 Å². The summed E-state index contributed by atoms with van der Waals surface area (Å²) in [4.78, 5) is 22.6. The molecule has 2 aromatic rings. The molecular weight excluding hydrogens is 500 g/mol. The Labute approximate surface area is 221 Å². The summed E-state index contributed by atoms with van der Waals surface area (Å²) in [5, 5.41) is 11.5. The van der Waals surface area contributed by atoms with Crippen molar-refractivity contribution < 1.29 is 37.4 Å². The maximum atomic E-state index is 15.9. The van der Waals surface area contributed by atoms with Gasteiger partial charge in [0.15, 0.2) is 6.10 Å². The minimum absolute atomic E-state index is 0.00664. The zero-order valence-corrected chi connectivity index (χ0v) is 21.8. The molecule has 2 unspecified atom stereocenters. The van der Waals surface area contributed by atoms with Gasteiger partial charge in [-0.1, -0.05) is 74.5 Å². The minimum atomic E-state index is -3.80. The molecule has 6 atom stereocenters. The van der Waals surface area contributed by atoms with Gasteiger partial charge in [0.05, 0.1) is 38.4 Å². The van der Waals surface area contributed by atoms with Crippen LogP contribution in [0.15, 0.2) is 60.7 Å². The Balaban J connectivity index is 1.93. The molecule has 1 saturated heterocycles. The van der Waals surface area contributed by atoms with Crippen molar-refractivity contribution in [2.24, 2.45) is 5.92 Å². The zero-order valence-electron chi connectivity index (χ0n) is 21.8. The number of halogens is 2. The van der Waals surface area contributed by atoms with Gasteiger partial charge in [0, 0.05) is 10.8 Å². The SMILES string of the molecule is CCOC(=O)C(CC(F)(F)C1O[C@H](CC)[C@H](C)[C@H](OCc2ccccc2)[C@H]1OCc1ccccc1)[N+](=O)[O-]. The molecule has 1 heterocycles. The Kier molecular flexibility index (Phi) is 10.7. The Hall–Kier alpha value is -2.95. The predicted molar refractivity (Wildman–Crippen MR) is 135 cm³/mol. The summed E-state index contributed by atoms with van der Waals surface area (Å²) >= 11 is 0. The van der Waals surface area contributed by atoms with Crippen molar-refractivity contribution in [3.63, 3.8) is 0 Å².